The van der Waals surface area contributed by atoms with E-state index in [1.54, 1.807) is 0 Å². The number of hydrogen-bond acceptors (Lipinski definition) is 3. The van der Waals surface area contributed by atoms with E-state index in [9.17, 15) is 0 Å². The molecule has 12 heavy (non-hydrogen) atoms. The predicted molar refractivity (Wildman–Crippen MR) is 43.7 cm³/mol. The van der Waals surface area contributed by atoms with Crippen LogP contribution < -0.4 is 0 Å². The Hall–Kier alpha value is -1.51. The standard InChI is InChI=1S/C9H9NO2/c1-6-5-9(12-10-6)8-4-3-7(2)11-8/h3-5H,1-2H3. The van der Waals surface area contributed by atoms with Crippen molar-refractivity contribution in [2.45, 2.75) is 13.8 Å². The van der Waals surface area contributed by atoms with E-state index in [2.05, 4.69) is 5.16 Å². The maximum Gasteiger partial charge on any atom is 0.202 e. The second-order valence-corrected chi connectivity index (χ2v) is 2.74. The normalized spacial score (nSPS) is 10.5. The van der Waals surface area contributed by atoms with Gasteiger partial charge in [-0.15, -0.1) is 0 Å². The van der Waals surface area contributed by atoms with Crippen LogP contribution in [0.4, 0.5) is 0 Å². The molecule has 0 fully saturated rings. The first kappa shape index (κ1) is 7.16. The minimum Gasteiger partial charge on any atom is -0.458 e. The third-order valence-electron chi connectivity index (χ3n) is 1.61. The van der Waals surface area contributed by atoms with E-state index in [0.717, 1.165) is 17.2 Å². The number of hydrogen-bond donors (Lipinski definition) is 0. The Bertz CT molecular complexity index is 348. The van der Waals surface area contributed by atoms with Crippen LogP contribution in [0.5, 0.6) is 0 Å². The molecule has 0 unspecified atom stereocenters. The zero-order chi connectivity index (χ0) is 8.55. The average molecular weight is 163 g/mol. The van der Waals surface area contributed by atoms with Gasteiger partial charge in [-0.05, 0) is 26.0 Å². The van der Waals surface area contributed by atoms with Gasteiger partial charge in [0, 0.05) is 6.07 Å². The molecule has 0 amide bonds. The van der Waals surface area contributed by atoms with Gasteiger partial charge in [-0.25, -0.2) is 0 Å². The molecular formula is C9H9NO2. The molecule has 3 nitrogen and oxygen atoms in total. The van der Waals surface area contributed by atoms with Gasteiger partial charge in [0.1, 0.15) is 5.76 Å². The van der Waals surface area contributed by atoms with Crippen molar-refractivity contribution in [1.82, 2.24) is 5.16 Å². The maximum absolute atomic E-state index is 5.35. The molecule has 62 valence electrons. The molecular weight excluding hydrogens is 154 g/mol. The van der Waals surface area contributed by atoms with E-state index in [1.807, 2.05) is 32.0 Å². The molecule has 2 heterocycles. The number of aryl methyl sites for hydroxylation is 2. The van der Waals surface area contributed by atoms with Gasteiger partial charge in [0.2, 0.25) is 5.76 Å². The molecule has 0 spiro atoms. The number of furan rings is 1. The van der Waals surface area contributed by atoms with Gasteiger partial charge in [0.05, 0.1) is 5.69 Å². The molecule has 0 aliphatic rings. The number of nitrogens with zero attached hydrogens (tertiary/aromatic N) is 1. The highest BCUT2D eigenvalue weighted by Gasteiger charge is 2.07. The lowest BCUT2D eigenvalue weighted by molar-refractivity contribution is 0.411. The Balaban J connectivity index is 2.43. The highest BCUT2D eigenvalue weighted by Crippen LogP contribution is 2.21. The van der Waals surface area contributed by atoms with Crippen molar-refractivity contribution in [3.05, 3.63) is 29.7 Å². The Labute approximate surface area is 70.0 Å². The van der Waals surface area contributed by atoms with Crippen molar-refractivity contribution in [2.24, 2.45) is 0 Å². The smallest absolute Gasteiger partial charge is 0.202 e. The fourth-order valence-corrected chi connectivity index (χ4v) is 1.05. The first-order chi connectivity index (χ1) is 5.75. The van der Waals surface area contributed by atoms with E-state index in [1.165, 1.54) is 0 Å². The van der Waals surface area contributed by atoms with E-state index < -0.39 is 0 Å². The van der Waals surface area contributed by atoms with E-state index >= 15 is 0 Å². The minimum absolute atomic E-state index is 0.681. The lowest BCUT2D eigenvalue weighted by Gasteiger charge is -1.85. The Kier molecular flexibility index (Phi) is 1.50. The molecule has 0 saturated carbocycles. The third-order valence-corrected chi connectivity index (χ3v) is 1.61. The van der Waals surface area contributed by atoms with Gasteiger partial charge in [-0.2, -0.15) is 0 Å². The van der Waals surface area contributed by atoms with Crippen molar-refractivity contribution >= 4 is 0 Å². The summed E-state index contributed by atoms with van der Waals surface area (Å²) in [5.41, 5.74) is 0.860. The van der Waals surface area contributed by atoms with Crippen molar-refractivity contribution in [2.75, 3.05) is 0 Å². The molecule has 0 aliphatic heterocycles. The molecule has 0 radical (unpaired) electrons. The lowest BCUT2D eigenvalue weighted by atomic mass is 10.3. The van der Waals surface area contributed by atoms with E-state index in [-0.39, 0.29) is 0 Å². The van der Waals surface area contributed by atoms with Crippen LogP contribution in [-0.2, 0) is 0 Å². The van der Waals surface area contributed by atoms with Gasteiger partial charge in [-0.1, -0.05) is 5.16 Å². The topological polar surface area (TPSA) is 39.2 Å². The maximum atomic E-state index is 5.35. The summed E-state index contributed by atoms with van der Waals surface area (Å²) in [7, 11) is 0. The van der Waals surface area contributed by atoms with Gasteiger partial charge in [0.15, 0.2) is 5.76 Å². The average Bonchev–Trinajstić information content (AvgIpc) is 2.58. The number of aromatic nitrogens is 1. The van der Waals surface area contributed by atoms with Crippen LogP contribution in [0.25, 0.3) is 11.5 Å². The third kappa shape index (κ3) is 1.13. The van der Waals surface area contributed by atoms with Crippen LogP contribution in [0, 0.1) is 13.8 Å². The largest absolute Gasteiger partial charge is 0.458 e. The van der Waals surface area contributed by atoms with Crippen LogP contribution in [0.2, 0.25) is 0 Å². The van der Waals surface area contributed by atoms with Gasteiger partial charge >= 0.3 is 0 Å². The van der Waals surface area contributed by atoms with E-state index in [4.69, 9.17) is 8.94 Å². The van der Waals surface area contributed by atoms with Gasteiger partial charge in [-0.3, -0.25) is 0 Å². The Morgan fingerprint density at radius 2 is 2.00 bits per heavy atom. The summed E-state index contributed by atoms with van der Waals surface area (Å²) in [5.74, 6) is 2.28. The molecule has 0 N–H and O–H groups in total. The quantitative estimate of drug-likeness (QED) is 0.648. The highest BCUT2D eigenvalue weighted by molar-refractivity contribution is 5.49. The summed E-state index contributed by atoms with van der Waals surface area (Å²) in [4.78, 5) is 0. The van der Waals surface area contributed by atoms with Crippen molar-refractivity contribution in [3.8, 4) is 11.5 Å². The van der Waals surface area contributed by atoms with Crippen LogP contribution in [0.1, 0.15) is 11.5 Å². The molecule has 3 heteroatoms. The minimum atomic E-state index is 0.681. The molecule has 0 atom stereocenters. The fourth-order valence-electron chi connectivity index (χ4n) is 1.05. The number of rotatable bonds is 1. The van der Waals surface area contributed by atoms with Crippen LogP contribution in [0.3, 0.4) is 0 Å². The molecule has 0 bridgehead atoms. The molecule has 2 rings (SSSR count). The Morgan fingerprint density at radius 1 is 1.17 bits per heavy atom. The monoisotopic (exact) mass is 163 g/mol. The second-order valence-electron chi connectivity index (χ2n) is 2.74. The Morgan fingerprint density at radius 3 is 2.50 bits per heavy atom. The van der Waals surface area contributed by atoms with Gasteiger partial charge in [0.25, 0.3) is 0 Å². The molecule has 0 aromatic carbocycles. The summed E-state index contributed by atoms with van der Waals surface area (Å²) in [6, 6.07) is 5.61. The highest BCUT2D eigenvalue weighted by atomic mass is 16.5. The van der Waals surface area contributed by atoms with E-state index in [0.29, 0.717) is 5.76 Å². The summed E-state index contributed by atoms with van der Waals surface area (Å²) in [6.45, 7) is 3.77. The lowest BCUT2D eigenvalue weighted by Crippen LogP contribution is -1.64. The first-order valence-corrected chi connectivity index (χ1v) is 3.76. The van der Waals surface area contributed by atoms with Crippen LogP contribution in [-0.4, -0.2) is 5.16 Å². The van der Waals surface area contributed by atoms with Crippen LogP contribution >= 0.6 is 0 Å². The summed E-state index contributed by atoms with van der Waals surface area (Å²) < 4.78 is 10.4. The van der Waals surface area contributed by atoms with Crippen molar-refractivity contribution in [3.63, 3.8) is 0 Å². The SMILES string of the molecule is Cc1cc(-c2ccc(C)o2)on1. The fraction of sp³-hybridized carbons (Fsp3) is 0.222. The predicted octanol–water partition coefficient (Wildman–Crippen LogP) is 2.55. The zero-order valence-corrected chi connectivity index (χ0v) is 7.00. The molecule has 0 aliphatic carbocycles. The zero-order valence-electron chi connectivity index (χ0n) is 7.00. The second kappa shape index (κ2) is 2.52. The summed E-state index contributed by atoms with van der Waals surface area (Å²) in [5, 5.41) is 3.77. The molecule has 0 saturated heterocycles. The van der Waals surface area contributed by atoms with Crippen molar-refractivity contribution < 1.29 is 8.94 Å². The van der Waals surface area contributed by atoms with Crippen LogP contribution in [0.15, 0.2) is 27.1 Å². The van der Waals surface area contributed by atoms with Crippen molar-refractivity contribution in [1.29, 1.82) is 0 Å². The molecule has 2 aromatic heterocycles. The summed E-state index contributed by atoms with van der Waals surface area (Å²) in [6.07, 6.45) is 0. The molecule has 2 aromatic rings. The summed E-state index contributed by atoms with van der Waals surface area (Å²) >= 11 is 0. The first-order valence-electron chi connectivity index (χ1n) is 3.76. The van der Waals surface area contributed by atoms with Gasteiger partial charge < -0.3 is 8.94 Å².